The Morgan fingerprint density at radius 1 is 1.20 bits per heavy atom. The SMILES string of the molecule is Cc1cccc2c(CC(C)C)ccnc12. The van der Waals surface area contributed by atoms with Gasteiger partial charge in [-0.3, -0.25) is 4.98 Å². The van der Waals surface area contributed by atoms with Crippen molar-refractivity contribution in [3.8, 4) is 0 Å². The molecule has 0 radical (unpaired) electrons. The molecule has 0 N–H and O–H groups in total. The molecule has 0 fully saturated rings. The fourth-order valence-electron chi connectivity index (χ4n) is 2.00. The molecule has 0 spiro atoms. The van der Waals surface area contributed by atoms with Gasteiger partial charge >= 0.3 is 0 Å². The van der Waals surface area contributed by atoms with E-state index in [1.807, 2.05) is 6.20 Å². The van der Waals surface area contributed by atoms with E-state index in [2.05, 4.69) is 50.0 Å². The van der Waals surface area contributed by atoms with Gasteiger partial charge in [0, 0.05) is 11.6 Å². The van der Waals surface area contributed by atoms with E-state index in [0.29, 0.717) is 5.92 Å². The summed E-state index contributed by atoms with van der Waals surface area (Å²) in [7, 11) is 0. The van der Waals surface area contributed by atoms with Crippen LogP contribution in [0, 0.1) is 12.8 Å². The van der Waals surface area contributed by atoms with Crippen LogP contribution in [0.5, 0.6) is 0 Å². The van der Waals surface area contributed by atoms with Gasteiger partial charge in [0.25, 0.3) is 0 Å². The molecule has 2 rings (SSSR count). The summed E-state index contributed by atoms with van der Waals surface area (Å²) in [5, 5.41) is 1.31. The lowest BCUT2D eigenvalue weighted by Crippen LogP contribution is -1.96. The number of para-hydroxylation sites is 1. The van der Waals surface area contributed by atoms with Gasteiger partial charge in [-0.2, -0.15) is 0 Å². The van der Waals surface area contributed by atoms with Gasteiger partial charge in [0.15, 0.2) is 0 Å². The molecule has 0 aliphatic rings. The summed E-state index contributed by atoms with van der Waals surface area (Å²) in [6.45, 7) is 6.62. The van der Waals surface area contributed by atoms with Crippen LogP contribution in [0.3, 0.4) is 0 Å². The minimum atomic E-state index is 0.691. The Kier molecular flexibility index (Phi) is 2.72. The lowest BCUT2D eigenvalue weighted by molar-refractivity contribution is 0.650. The zero-order valence-corrected chi connectivity index (χ0v) is 9.62. The number of aromatic nitrogens is 1. The third-order valence-electron chi connectivity index (χ3n) is 2.69. The fraction of sp³-hybridized carbons (Fsp3) is 0.357. The average molecular weight is 199 g/mol. The molecule has 0 bridgehead atoms. The van der Waals surface area contributed by atoms with Crippen LogP contribution in [0.25, 0.3) is 10.9 Å². The zero-order valence-electron chi connectivity index (χ0n) is 9.62. The molecule has 0 aliphatic carbocycles. The largest absolute Gasteiger partial charge is 0.256 e. The van der Waals surface area contributed by atoms with Crippen LogP contribution < -0.4 is 0 Å². The van der Waals surface area contributed by atoms with Gasteiger partial charge < -0.3 is 0 Å². The highest BCUT2D eigenvalue weighted by molar-refractivity contribution is 5.84. The Bertz CT molecular complexity index is 472. The molecule has 2 aromatic rings. The Hall–Kier alpha value is -1.37. The molecule has 0 saturated carbocycles. The monoisotopic (exact) mass is 199 g/mol. The van der Waals surface area contributed by atoms with Crippen molar-refractivity contribution in [3.63, 3.8) is 0 Å². The van der Waals surface area contributed by atoms with Crippen LogP contribution in [0.4, 0.5) is 0 Å². The van der Waals surface area contributed by atoms with E-state index in [0.717, 1.165) is 11.9 Å². The molecule has 0 unspecified atom stereocenters. The predicted molar refractivity (Wildman–Crippen MR) is 65.0 cm³/mol. The van der Waals surface area contributed by atoms with E-state index in [9.17, 15) is 0 Å². The van der Waals surface area contributed by atoms with Crippen molar-refractivity contribution < 1.29 is 0 Å². The maximum absolute atomic E-state index is 4.45. The van der Waals surface area contributed by atoms with E-state index in [-0.39, 0.29) is 0 Å². The van der Waals surface area contributed by atoms with E-state index in [4.69, 9.17) is 0 Å². The van der Waals surface area contributed by atoms with Crippen molar-refractivity contribution in [3.05, 3.63) is 41.6 Å². The average Bonchev–Trinajstić information content (AvgIpc) is 2.19. The second-order valence-corrected chi connectivity index (χ2v) is 4.54. The fourth-order valence-corrected chi connectivity index (χ4v) is 2.00. The Morgan fingerprint density at radius 3 is 2.73 bits per heavy atom. The second kappa shape index (κ2) is 4.01. The maximum Gasteiger partial charge on any atom is 0.0733 e. The van der Waals surface area contributed by atoms with Crippen LogP contribution in [0.1, 0.15) is 25.0 Å². The van der Waals surface area contributed by atoms with E-state index < -0.39 is 0 Å². The minimum absolute atomic E-state index is 0.691. The molecular formula is C14H17N. The number of pyridine rings is 1. The number of fused-ring (bicyclic) bond motifs is 1. The summed E-state index contributed by atoms with van der Waals surface area (Å²) >= 11 is 0. The van der Waals surface area contributed by atoms with Crippen LogP contribution >= 0.6 is 0 Å². The topological polar surface area (TPSA) is 12.9 Å². The van der Waals surface area contributed by atoms with Gasteiger partial charge in [0.1, 0.15) is 0 Å². The van der Waals surface area contributed by atoms with Crippen LogP contribution in [-0.4, -0.2) is 4.98 Å². The highest BCUT2D eigenvalue weighted by Gasteiger charge is 2.05. The molecular weight excluding hydrogens is 182 g/mol. The summed E-state index contributed by atoms with van der Waals surface area (Å²) in [5.74, 6) is 0.691. The number of hydrogen-bond donors (Lipinski definition) is 0. The first-order chi connectivity index (χ1) is 7.18. The van der Waals surface area contributed by atoms with Gasteiger partial charge in [-0.05, 0) is 36.5 Å². The number of hydrogen-bond acceptors (Lipinski definition) is 1. The minimum Gasteiger partial charge on any atom is -0.256 e. The predicted octanol–water partition coefficient (Wildman–Crippen LogP) is 3.74. The molecule has 78 valence electrons. The molecule has 1 aromatic carbocycles. The smallest absolute Gasteiger partial charge is 0.0733 e. The summed E-state index contributed by atoms with van der Waals surface area (Å²) in [4.78, 5) is 4.45. The van der Waals surface area contributed by atoms with E-state index in [1.165, 1.54) is 16.5 Å². The Labute approximate surface area is 91.2 Å². The number of rotatable bonds is 2. The van der Waals surface area contributed by atoms with Gasteiger partial charge in [-0.15, -0.1) is 0 Å². The highest BCUT2D eigenvalue weighted by Crippen LogP contribution is 2.21. The quantitative estimate of drug-likeness (QED) is 0.718. The zero-order chi connectivity index (χ0) is 10.8. The lowest BCUT2D eigenvalue weighted by Gasteiger charge is -2.09. The number of benzene rings is 1. The first-order valence-electron chi connectivity index (χ1n) is 5.51. The number of nitrogens with zero attached hydrogens (tertiary/aromatic N) is 1. The Balaban J connectivity index is 2.61. The van der Waals surface area contributed by atoms with Gasteiger partial charge in [0.2, 0.25) is 0 Å². The summed E-state index contributed by atoms with van der Waals surface area (Å²) in [6, 6.07) is 8.55. The van der Waals surface area contributed by atoms with Crippen LogP contribution in [-0.2, 0) is 6.42 Å². The summed E-state index contributed by atoms with van der Waals surface area (Å²) in [6.07, 6.45) is 3.05. The van der Waals surface area contributed by atoms with Crippen molar-refractivity contribution in [2.45, 2.75) is 27.2 Å². The molecule has 1 heterocycles. The molecule has 15 heavy (non-hydrogen) atoms. The third kappa shape index (κ3) is 2.01. The molecule has 0 atom stereocenters. The normalized spacial score (nSPS) is 11.2. The lowest BCUT2D eigenvalue weighted by atomic mass is 9.98. The van der Waals surface area contributed by atoms with Crippen LogP contribution in [0.15, 0.2) is 30.5 Å². The van der Waals surface area contributed by atoms with Gasteiger partial charge in [-0.1, -0.05) is 32.0 Å². The van der Waals surface area contributed by atoms with Crippen molar-refractivity contribution in [2.24, 2.45) is 5.92 Å². The van der Waals surface area contributed by atoms with Crippen molar-refractivity contribution in [2.75, 3.05) is 0 Å². The molecule has 0 saturated heterocycles. The van der Waals surface area contributed by atoms with Crippen molar-refractivity contribution in [1.29, 1.82) is 0 Å². The van der Waals surface area contributed by atoms with Gasteiger partial charge in [0.05, 0.1) is 5.52 Å². The van der Waals surface area contributed by atoms with Crippen molar-refractivity contribution in [1.82, 2.24) is 4.98 Å². The Morgan fingerprint density at radius 2 is 2.00 bits per heavy atom. The first kappa shape index (κ1) is 10.2. The second-order valence-electron chi connectivity index (χ2n) is 4.54. The molecule has 1 heteroatoms. The van der Waals surface area contributed by atoms with E-state index in [1.54, 1.807) is 0 Å². The standard InChI is InChI=1S/C14H17N/c1-10(2)9-12-7-8-15-14-11(3)5-4-6-13(12)14/h4-8,10H,9H2,1-3H3. The molecule has 0 aliphatic heterocycles. The van der Waals surface area contributed by atoms with Gasteiger partial charge in [-0.25, -0.2) is 0 Å². The molecule has 0 amide bonds. The van der Waals surface area contributed by atoms with E-state index >= 15 is 0 Å². The molecule has 1 nitrogen and oxygen atoms in total. The maximum atomic E-state index is 4.45. The third-order valence-corrected chi connectivity index (χ3v) is 2.69. The summed E-state index contributed by atoms with van der Waals surface area (Å²) < 4.78 is 0. The van der Waals surface area contributed by atoms with Crippen molar-refractivity contribution >= 4 is 10.9 Å². The summed E-state index contributed by atoms with van der Waals surface area (Å²) in [5.41, 5.74) is 3.83. The highest BCUT2D eigenvalue weighted by atomic mass is 14.6. The first-order valence-corrected chi connectivity index (χ1v) is 5.51. The number of aryl methyl sites for hydroxylation is 1. The van der Waals surface area contributed by atoms with Crippen LogP contribution in [0.2, 0.25) is 0 Å². The molecule has 1 aromatic heterocycles.